The van der Waals surface area contributed by atoms with Crippen LogP contribution < -0.4 is 0 Å². The summed E-state index contributed by atoms with van der Waals surface area (Å²) in [6.07, 6.45) is 17.1. The molecular weight excluding hydrogens is 175 g/mol. The van der Waals surface area contributed by atoms with E-state index in [1.165, 1.54) is 44.9 Å². The van der Waals surface area contributed by atoms with Crippen molar-refractivity contribution < 1.29 is 0 Å². The number of rotatable bonds is 2. The lowest BCUT2D eigenvalue weighted by Crippen LogP contribution is -2.01. The van der Waals surface area contributed by atoms with Crippen LogP contribution in [0, 0.1) is 0 Å². The van der Waals surface area contributed by atoms with E-state index >= 15 is 0 Å². The molecule has 0 heterocycles. The van der Waals surface area contributed by atoms with Crippen LogP contribution in [0.15, 0.2) is 23.5 Å². The quantitative estimate of drug-likeness (QED) is 0.456. The first-order chi connectivity index (χ1) is 6.45. The molecule has 2 rings (SSSR count). The largest absolute Gasteiger partial charge is 0.0881 e. The predicted molar refractivity (Wildman–Crippen MR) is 61.6 cm³/mol. The minimum Gasteiger partial charge on any atom is -0.0881 e. The molecule has 0 nitrogen and oxygen atoms in total. The minimum absolute atomic E-state index is 0.901. The van der Waals surface area contributed by atoms with Crippen molar-refractivity contribution in [2.45, 2.75) is 50.6 Å². The van der Waals surface area contributed by atoms with Gasteiger partial charge in [-0.05, 0) is 50.6 Å². The highest BCUT2D eigenvalue weighted by molar-refractivity contribution is 7.44. The molecule has 0 amide bonds. The smallest absolute Gasteiger partial charge is 0.00198 e. The van der Waals surface area contributed by atoms with Crippen LogP contribution in [0.2, 0.25) is 0 Å². The highest BCUT2D eigenvalue weighted by Gasteiger charge is 2.11. The first-order valence-electron chi connectivity index (χ1n) is 5.57. The van der Waals surface area contributed by atoms with Crippen LogP contribution in [0.3, 0.4) is 0 Å². The molecule has 2 aliphatic carbocycles. The van der Waals surface area contributed by atoms with Crippen molar-refractivity contribution in [1.82, 2.24) is 0 Å². The maximum atomic E-state index is 2.50. The second-order valence-electron chi connectivity index (χ2n) is 4.09. The zero-order valence-corrected chi connectivity index (χ0v) is 9.26. The van der Waals surface area contributed by atoms with E-state index in [4.69, 9.17) is 0 Å². The monoisotopic (exact) mass is 194 g/mol. The van der Waals surface area contributed by atoms with Gasteiger partial charge in [0.15, 0.2) is 0 Å². The van der Waals surface area contributed by atoms with Crippen LogP contribution in [0.25, 0.3) is 0 Å². The molecule has 2 aliphatic rings. The lowest BCUT2D eigenvalue weighted by molar-refractivity contribution is 0.715. The summed E-state index contributed by atoms with van der Waals surface area (Å²) < 4.78 is 0. The van der Waals surface area contributed by atoms with Crippen LogP contribution in [0.5, 0.6) is 0 Å². The molecule has 72 valence electrons. The maximum absolute atomic E-state index is 2.50. The van der Waals surface area contributed by atoms with E-state index in [9.17, 15) is 0 Å². The Hall–Kier alpha value is -0.0900. The molecule has 0 N–H and O–H groups in total. The third-order valence-electron chi connectivity index (χ3n) is 2.92. The SMILES string of the molecule is C1=CC(PC2=CCCCC2)CCC1. The van der Waals surface area contributed by atoms with Gasteiger partial charge in [0.1, 0.15) is 0 Å². The Bertz CT molecular complexity index is 215. The Kier molecular flexibility index (Phi) is 3.61. The molecular formula is C12H19P. The van der Waals surface area contributed by atoms with E-state index in [1.54, 1.807) is 5.31 Å². The third kappa shape index (κ3) is 2.95. The van der Waals surface area contributed by atoms with Gasteiger partial charge < -0.3 is 0 Å². The van der Waals surface area contributed by atoms with Gasteiger partial charge in [-0.1, -0.05) is 32.1 Å². The molecule has 0 saturated heterocycles. The summed E-state index contributed by atoms with van der Waals surface area (Å²) in [7, 11) is 1.10. The molecule has 13 heavy (non-hydrogen) atoms. The molecule has 0 spiro atoms. The van der Waals surface area contributed by atoms with Crippen molar-refractivity contribution >= 4 is 8.58 Å². The molecule has 0 aromatic carbocycles. The molecule has 0 bridgehead atoms. The van der Waals surface area contributed by atoms with Gasteiger partial charge in [0.25, 0.3) is 0 Å². The van der Waals surface area contributed by atoms with E-state index in [1.807, 2.05) is 0 Å². The van der Waals surface area contributed by atoms with Gasteiger partial charge in [0, 0.05) is 0 Å². The van der Waals surface area contributed by atoms with Gasteiger partial charge >= 0.3 is 0 Å². The summed E-state index contributed by atoms with van der Waals surface area (Å²) >= 11 is 0. The Morgan fingerprint density at radius 2 is 2.15 bits per heavy atom. The Morgan fingerprint density at radius 1 is 1.15 bits per heavy atom. The standard InChI is InChI=1S/C12H19P/c1-3-7-11(8-4-1)13-12-9-5-2-6-10-12/h3,7,9,11,13H,1-2,4-6,8,10H2. The Morgan fingerprint density at radius 3 is 2.85 bits per heavy atom. The van der Waals surface area contributed by atoms with E-state index < -0.39 is 0 Å². The van der Waals surface area contributed by atoms with Crippen LogP contribution in [0.1, 0.15) is 44.9 Å². The van der Waals surface area contributed by atoms with E-state index in [0.717, 1.165) is 14.2 Å². The maximum Gasteiger partial charge on any atom is -0.00198 e. The summed E-state index contributed by atoms with van der Waals surface area (Å²) in [4.78, 5) is 0. The third-order valence-corrected chi connectivity index (χ3v) is 4.59. The first kappa shape index (κ1) is 9.46. The van der Waals surface area contributed by atoms with Crippen molar-refractivity contribution in [3.63, 3.8) is 0 Å². The van der Waals surface area contributed by atoms with Crippen LogP contribution in [-0.2, 0) is 0 Å². The van der Waals surface area contributed by atoms with E-state index in [-0.39, 0.29) is 0 Å². The van der Waals surface area contributed by atoms with Gasteiger partial charge in [0.2, 0.25) is 0 Å². The van der Waals surface area contributed by atoms with Crippen molar-refractivity contribution in [2.75, 3.05) is 0 Å². The number of allylic oxidation sites excluding steroid dienone is 4. The molecule has 0 aromatic heterocycles. The summed E-state index contributed by atoms with van der Waals surface area (Å²) in [5, 5.41) is 1.77. The van der Waals surface area contributed by atoms with Crippen LogP contribution in [-0.4, -0.2) is 5.66 Å². The van der Waals surface area contributed by atoms with Crippen LogP contribution in [0.4, 0.5) is 0 Å². The molecule has 0 fully saturated rings. The van der Waals surface area contributed by atoms with Crippen molar-refractivity contribution in [3.8, 4) is 0 Å². The second kappa shape index (κ2) is 4.96. The fourth-order valence-corrected chi connectivity index (χ4v) is 3.78. The van der Waals surface area contributed by atoms with Crippen molar-refractivity contribution in [1.29, 1.82) is 0 Å². The van der Waals surface area contributed by atoms with Crippen molar-refractivity contribution in [2.24, 2.45) is 0 Å². The first-order valence-corrected chi connectivity index (χ1v) is 6.65. The van der Waals surface area contributed by atoms with Gasteiger partial charge in [-0.15, -0.1) is 0 Å². The molecule has 0 aliphatic heterocycles. The summed E-state index contributed by atoms with van der Waals surface area (Å²) in [5.41, 5.74) is 0.901. The highest BCUT2D eigenvalue weighted by Crippen LogP contribution is 2.39. The number of hydrogen-bond acceptors (Lipinski definition) is 0. The molecule has 0 radical (unpaired) electrons. The van der Waals surface area contributed by atoms with E-state index in [2.05, 4.69) is 18.2 Å². The van der Waals surface area contributed by atoms with Crippen molar-refractivity contribution in [3.05, 3.63) is 23.5 Å². The fraction of sp³-hybridized carbons (Fsp3) is 0.667. The average Bonchev–Trinajstić information content (AvgIpc) is 2.21. The lowest BCUT2D eigenvalue weighted by atomic mass is 10.1. The normalized spacial score (nSPS) is 29.5. The zero-order chi connectivity index (χ0) is 8.93. The highest BCUT2D eigenvalue weighted by atomic mass is 31.1. The zero-order valence-electron chi connectivity index (χ0n) is 8.26. The molecule has 2 atom stereocenters. The van der Waals surface area contributed by atoms with Gasteiger partial charge in [-0.25, -0.2) is 0 Å². The summed E-state index contributed by atoms with van der Waals surface area (Å²) in [6, 6.07) is 0. The lowest BCUT2D eigenvalue weighted by Gasteiger charge is -2.20. The van der Waals surface area contributed by atoms with Gasteiger partial charge in [-0.2, -0.15) is 0 Å². The minimum atomic E-state index is 0.901. The molecule has 1 heteroatoms. The molecule has 0 aromatic rings. The summed E-state index contributed by atoms with van der Waals surface area (Å²) in [6.45, 7) is 0. The predicted octanol–water partition coefficient (Wildman–Crippen LogP) is 4.23. The van der Waals surface area contributed by atoms with Gasteiger partial charge in [0.05, 0.1) is 0 Å². The Balaban J connectivity index is 1.85. The number of hydrogen-bond donors (Lipinski definition) is 0. The topological polar surface area (TPSA) is 0 Å². The summed E-state index contributed by atoms with van der Waals surface area (Å²) in [5.74, 6) is 0. The average molecular weight is 194 g/mol. The van der Waals surface area contributed by atoms with Crippen LogP contribution >= 0.6 is 8.58 Å². The Labute approximate surface area is 83.3 Å². The van der Waals surface area contributed by atoms with Gasteiger partial charge in [-0.3, -0.25) is 0 Å². The van der Waals surface area contributed by atoms with E-state index in [0.29, 0.717) is 0 Å². The molecule has 0 saturated carbocycles. The fourth-order valence-electron chi connectivity index (χ4n) is 2.14. The molecule has 2 unspecified atom stereocenters. The second-order valence-corrected chi connectivity index (χ2v) is 5.76.